The number of aryl methyl sites for hydroxylation is 1. The van der Waals surface area contributed by atoms with Crippen LogP contribution in [0.5, 0.6) is 0 Å². The standard InChI is InChI=1S/C7H7IN2O2/c1-5-6(8)7(12)10(2-3-11)4-9-5/h3-4H,2H2,1H3. The van der Waals surface area contributed by atoms with Gasteiger partial charge >= 0.3 is 0 Å². The highest BCUT2D eigenvalue weighted by molar-refractivity contribution is 14.1. The maximum absolute atomic E-state index is 11.3. The van der Waals surface area contributed by atoms with Crippen LogP contribution in [0.1, 0.15) is 5.69 Å². The third-order valence-corrected chi connectivity index (χ3v) is 2.67. The summed E-state index contributed by atoms with van der Waals surface area (Å²) in [6.07, 6.45) is 2.06. The van der Waals surface area contributed by atoms with Gasteiger partial charge < -0.3 is 4.79 Å². The van der Waals surface area contributed by atoms with E-state index >= 15 is 0 Å². The van der Waals surface area contributed by atoms with Gasteiger partial charge in [-0.05, 0) is 29.5 Å². The van der Waals surface area contributed by atoms with E-state index in [4.69, 9.17) is 0 Å². The van der Waals surface area contributed by atoms with Crippen molar-refractivity contribution in [3.63, 3.8) is 0 Å². The minimum Gasteiger partial charge on any atom is -0.301 e. The molecule has 0 aliphatic heterocycles. The maximum Gasteiger partial charge on any atom is 0.267 e. The number of nitrogens with zero attached hydrogens (tertiary/aromatic N) is 2. The van der Waals surface area contributed by atoms with Gasteiger partial charge in [-0.3, -0.25) is 9.36 Å². The smallest absolute Gasteiger partial charge is 0.267 e. The molecule has 1 aromatic heterocycles. The Labute approximate surface area is 82.8 Å². The molecule has 0 bridgehead atoms. The number of aldehydes is 1. The maximum atomic E-state index is 11.3. The van der Waals surface area contributed by atoms with Crippen LogP contribution in [0.4, 0.5) is 0 Å². The topological polar surface area (TPSA) is 52.0 Å². The van der Waals surface area contributed by atoms with E-state index in [1.807, 2.05) is 22.6 Å². The average molecular weight is 278 g/mol. The van der Waals surface area contributed by atoms with Crippen LogP contribution in [0.3, 0.4) is 0 Å². The lowest BCUT2D eigenvalue weighted by Gasteiger charge is -2.01. The average Bonchev–Trinajstić information content (AvgIpc) is 2.07. The Hall–Kier alpha value is -0.720. The first-order valence-corrected chi connectivity index (χ1v) is 4.40. The van der Waals surface area contributed by atoms with Crippen molar-refractivity contribution in [3.8, 4) is 0 Å². The Balaban J connectivity index is 3.26. The van der Waals surface area contributed by atoms with Crippen molar-refractivity contribution in [2.24, 2.45) is 0 Å². The molecule has 0 aromatic carbocycles. The van der Waals surface area contributed by atoms with Crippen molar-refractivity contribution >= 4 is 28.9 Å². The zero-order valence-corrected chi connectivity index (χ0v) is 8.61. The molecule has 1 aromatic rings. The van der Waals surface area contributed by atoms with Gasteiger partial charge in [0.1, 0.15) is 6.29 Å². The SMILES string of the molecule is Cc1ncn(CC=O)c(=O)c1I. The van der Waals surface area contributed by atoms with E-state index in [0.29, 0.717) is 15.6 Å². The van der Waals surface area contributed by atoms with Crippen LogP contribution in [0.15, 0.2) is 11.1 Å². The summed E-state index contributed by atoms with van der Waals surface area (Å²) in [5.41, 5.74) is 0.540. The van der Waals surface area contributed by atoms with E-state index in [0.717, 1.165) is 0 Å². The van der Waals surface area contributed by atoms with Crippen LogP contribution >= 0.6 is 22.6 Å². The van der Waals surface area contributed by atoms with Crippen LogP contribution in [-0.2, 0) is 11.3 Å². The number of carbonyl (C=O) groups is 1. The van der Waals surface area contributed by atoms with Crippen molar-refractivity contribution in [2.45, 2.75) is 13.5 Å². The molecule has 0 unspecified atom stereocenters. The van der Waals surface area contributed by atoms with Crippen LogP contribution in [-0.4, -0.2) is 15.8 Å². The minimum absolute atomic E-state index is 0.0715. The van der Waals surface area contributed by atoms with Gasteiger partial charge in [0.05, 0.1) is 22.1 Å². The van der Waals surface area contributed by atoms with Crippen molar-refractivity contribution < 1.29 is 4.79 Å². The number of hydrogen-bond donors (Lipinski definition) is 0. The van der Waals surface area contributed by atoms with E-state index in [-0.39, 0.29) is 12.1 Å². The van der Waals surface area contributed by atoms with Gasteiger partial charge in [-0.2, -0.15) is 0 Å². The minimum atomic E-state index is -0.157. The Kier molecular flexibility index (Phi) is 2.96. The fourth-order valence-corrected chi connectivity index (χ4v) is 1.21. The van der Waals surface area contributed by atoms with Crippen molar-refractivity contribution in [1.82, 2.24) is 9.55 Å². The summed E-state index contributed by atoms with van der Waals surface area (Å²) in [5.74, 6) is 0. The third-order valence-electron chi connectivity index (χ3n) is 1.43. The first-order valence-electron chi connectivity index (χ1n) is 3.32. The first-order chi connectivity index (χ1) is 5.66. The molecule has 0 aliphatic carbocycles. The highest BCUT2D eigenvalue weighted by Crippen LogP contribution is 2.00. The summed E-state index contributed by atoms with van der Waals surface area (Å²) in [6, 6.07) is 0. The van der Waals surface area contributed by atoms with Crippen LogP contribution in [0, 0.1) is 10.5 Å². The molecule has 0 atom stereocenters. The number of carbonyl (C=O) groups excluding carboxylic acids is 1. The first kappa shape index (κ1) is 9.37. The molecule has 12 heavy (non-hydrogen) atoms. The normalized spacial score (nSPS) is 9.83. The predicted octanol–water partition coefficient (Wildman–Crippen LogP) is 0.355. The highest BCUT2D eigenvalue weighted by Gasteiger charge is 2.03. The van der Waals surface area contributed by atoms with Gasteiger partial charge in [-0.1, -0.05) is 0 Å². The molecule has 4 nitrogen and oxygen atoms in total. The summed E-state index contributed by atoms with van der Waals surface area (Å²) >= 11 is 1.92. The van der Waals surface area contributed by atoms with Crippen LogP contribution in [0.2, 0.25) is 0 Å². The second-order valence-electron chi connectivity index (χ2n) is 2.27. The molecule has 0 radical (unpaired) electrons. The quantitative estimate of drug-likeness (QED) is 0.579. The molecule has 0 saturated carbocycles. The number of aromatic nitrogens is 2. The van der Waals surface area contributed by atoms with Gasteiger partial charge in [-0.25, -0.2) is 4.98 Å². The van der Waals surface area contributed by atoms with E-state index in [9.17, 15) is 9.59 Å². The zero-order valence-electron chi connectivity index (χ0n) is 6.45. The molecule has 64 valence electrons. The lowest BCUT2D eigenvalue weighted by Crippen LogP contribution is -2.24. The molecular weight excluding hydrogens is 271 g/mol. The third kappa shape index (κ3) is 1.71. The van der Waals surface area contributed by atoms with E-state index in [1.54, 1.807) is 6.92 Å². The molecule has 0 spiro atoms. The molecule has 0 N–H and O–H groups in total. The van der Waals surface area contributed by atoms with Crippen molar-refractivity contribution in [2.75, 3.05) is 0 Å². The number of halogens is 1. The van der Waals surface area contributed by atoms with Gasteiger partial charge in [0, 0.05) is 0 Å². The lowest BCUT2D eigenvalue weighted by atomic mass is 10.4. The number of rotatable bonds is 2. The van der Waals surface area contributed by atoms with Crippen LogP contribution < -0.4 is 5.56 Å². The molecule has 0 amide bonds. The Morgan fingerprint density at radius 1 is 1.75 bits per heavy atom. The van der Waals surface area contributed by atoms with Crippen LogP contribution in [0.25, 0.3) is 0 Å². The summed E-state index contributed by atoms with van der Waals surface area (Å²) < 4.78 is 1.85. The van der Waals surface area contributed by atoms with Gasteiger partial charge in [0.25, 0.3) is 5.56 Å². The summed E-state index contributed by atoms with van der Waals surface area (Å²) in [7, 11) is 0. The fraction of sp³-hybridized carbons (Fsp3) is 0.286. The monoisotopic (exact) mass is 278 g/mol. The van der Waals surface area contributed by atoms with E-state index in [2.05, 4.69) is 4.98 Å². The Morgan fingerprint density at radius 2 is 2.42 bits per heavy atom. The Bertz CT molecular complexity index is 359. The van der Waals surface area contributed by atoms with Crippen molar-refractivity contribution in [3.05, 3.63) is 25.9 Å². The Morgan fingerprint density at radius 3 is 3.00 bits per heavy atom. The molecule has 0 saturated heterocycles. The highest BCUT2D eigenvalue weighted by atomic mass is 127. The molecule has 0 aliphatic rings. The van der Waals surface area contributed by atoms with Gasteiger partial charge in [0.2, 0.25) is 0 Å². The largest absolute Gasteiger partial charge is 0.301 e. The predicted molar refractivity (Wildman–Crippen MR) is 52.0 cm³/mol. The van der Waals surface area contributed by atoms with Gasteiger partial charge in [-0.15, -0.1) is 0 Å². The van der Waals surface area contributed by atoms with Gasteiger partial charge in [0.15, 0.2) is 0 Å². The summed E-state index contributed by atoms with van der Waals surface area (Å²) in [5, 5.41) is 0. The van der Waals surface area contributed by atoms with Crippen molar-refractivity contribution in [1.29, 1.82) is 0 Å². The number of hydrogen-bond acceptors (Lipinski definition) is 3. The molecule has 5 heteroatoms. The van der Waals surface area contributed by atoms with E-state index in [1.165, 1.54) is 10.9 Å². The zero-order chi connectivity index (χ0) is 9.14. The fourth-order valence-electron chi connectivity index (χ4n) is 0.757. The molecule has 1 heterocycles. The second kappa shape index (κ2) is 3.79. The molecular formula is C7H7IN2O2. The lowest BCUT2D eigenvalue weighted by molar-refractivity contribution is -0.108. The molecule has 1 rings (SSSR count). The molecule has 0 fully saturated rings. The summed E-state index contributed by atoms with van der Waals surface area (Å²) in [6.45, 7) is 1.83. The summed E-state index contributed by atoms with van der Waals surface area (Å²) in [4.78, 5) is 25.4. The van der Waals surface area contributed by atoms with E-state index < -0.39 is 0 Å². The second-order valence-corrected chi connectivity index (χ2v) is 3.35.